The molecule has 0 aliphatic heterocycles. The number of hydroxylamine groups is 1. The van der Waals surface area contributed by atoms with E-state index in [-0.39, 0.29) is 0 Å². The molecule has 0 fully saturated rings. The number of methoxy groups -OCH3 is 1. The molecule has 122 valence electrons. The highest BCUT2D eigenvalue weighted by Gasteiger charge is 2.12. The molecule has 0 unspecified atom stereocenters. The Morgan fingerprint density at radius 3 is 2.67 bits per heavy atom. The largest absolute Gasteiger partial charge is 0.480 e. The average molecular weight is 323 g/mol. The summed E-state index contributed by atoms with van der Waals surface area (Å²) in [5.41, 5.74) is 5.75. The summed E-state index contributed by atoms with van der Waals surface area (Å²) < 4.78 is 5.21. The Kier molecular flexibility index (Phi) is 4.58. The van der Waals surface area contributed by atoms with E-state index in [0.29, 0.717) is 5.88 Å². The summed E-state index contributed by atoms with van der Waals surface area (Å²) in [5, 5.41) is 7.92. The maximum atomic E-state index is 11.9. The molecule has 0 spiro atoms. The van der Waals surface area contributed by atoms with Gasteiger partial charge in [0.05, 0.1) is 18.0 Å². The van der Waals surface area contributed by atoms with Crippen LogP contribution in [0, 0.1) is 0 Å². The summed E-state index contributed by atoms with van der Waals surface area (Å²) in [7, 11) is 3.11. The van der Waals surface area contributed by atoms with E-state index in [0.717, 1.165) is 27.6 Å². The molecule has 6 heteroatoms. The van der Waals surface area contributed by atoms with E-state index in [1.165, 1.54) is 13.1 Å². The lowest BCUT2D eigenvalue weighted by atomic mass is 9.97. The van der Waals surface area contributed by atoms with Crippen molar-refractivity contribution in [3.63, 3.8) is 0 Å². The van der Waals surface area contributed by atoms with Crippen molar-refractivity contribution in [2.24, 2.45) is 0 Å². The second kappa shape index (κ2) is 6.97. The van der Waals surface area contributed by atoms with Crippen LogP contribution >= 0.6 is 0 Å². The topological polar surface area (TPSA) is 76.2 Å². The van der Waals surface area contributed by atoms with Crippen molar-refractivity contribution < 1.29 is 14.4 Å². The van der Waals surface area contributed by atoms with Crippen molar-refractivity contribution in [1.29, 1.82) is 0 Å². The highest BCUT2D eigenvalue weighted by atomic mass is 16.7. The number of rotatable bonds is 5. The van der Waals surface area contributed by atoms with Crippen LogP contribution in [0.4, 0.5) is 0 Å². The fourth-order valence-corrected chi connectivity index (χ4v) is 2.52. The van der Waals surface area contributed by atoms with Gasteiger partial charge in [-0.2, -0.15) is 5.48 Å². The van der Waals surface area contributed by atoms with Gasteiger partial charge < -0.3 is 9.57 Å². The number of ether oxygens (including phenoxy) is 1. The molecule has 0 radical (unpaired) electrons. The van der Waals surface area contributed by atoms with Crippen LogP contribution < -0.4 is 10.2 Å². The van der Waals surface area contributed by atoms with Crippen LogP contribution in [0.1, 0.15) is 11.1 Å². The summed E-state index contributed by atoms with van der Waals surface area (Å²) >= 11 is 0. The van der Waals surface area contributed by atoms with Crippen LogP contribution in [0.15, 0.2) is 54.6 Å². The van der Waals surface area contributed by atoms with Crippen LogP contribution in [0.25, 0.3) is 16.5 Å². The van der Waals surface area contributed by atoms with Gasteiger partial charge in [-0.1, -0.05) is 36.4 Å². The first kappa shape index (κ1) is 15.8. The third-order valence-corrected chi connectivity index (χ3v) is 3.58. The van der Waals surface area contributed by atoms with Crippen LogP contribution in [-0.4, -0.2) is 30.3 Å². The number of carbonyl (C=O) groups is 1. The zero-order chi connectivity index (χ0) is 16.9. The Hall–Kier alpha value is -3.12. The van der Waals surface area contributed by atoms with Gasteiger partial charge in [-0.3, -0.25) is 5.10 Å². The monoisotopic (exact) mass is 323 g/mol. The molecule has 0 amide bonds. The zero-order valence-corrected chi connectivity index (χ0v) is 13.4. The molecule has 0 aliphatic carbocycles. The number of nitrogens with one attached hydrogen (secondary N) is 2. The van der Waals surface area contributed by atoms with Crippen LogP contribution in [0.3, 0.4) is 0 Å². The van der Waals surface area contributed by atoms with Crippen LogP contribution in [0.5, 0.6) is 5.88 Å². The van der Waals surface area contributed by atoms with Crippen molar-refractivity contribution in [1.82, 2.24) is 15.7 Å². The Balaban J connectivity index is 2.10. The van der Waals surface area contributed by atoms with Crippen LogP contribution in [0.2, 0.25) is 0 Å². The molecular weight excluding hydrogens is 306 g/mol. The minimum absolute atomic E-state index is 0.473. The minimum Gasteiger partial charge on any atom is -0.480 e. The number of hydrogen-bond donors (Lipinski definition) is 2. The molecular formula is C18H17N3O3. The maximum Gasteiger partial charge on any atom is 0.350 e. The van der Waals surface area contributed by atoms with Crippen LogP contribution in [-0.2, 0) is 9.63 Å². The second-order valence-electron chi connectivity index (χ2n) is 5.04. The Morgan fingerprint density at radius 1 is 1.17 bits per heavy atom. The summed E-state index contributed by atoms with van der Waals surface area (Å²) in [6.45, 7) is 0. The predicted molar refractivity (Wildman–Crippen MR) is 91.3 cm³/mol. The molecule has 0 aliphatic rings. The Bertz CT molecular complexity index is 885. The molecule has 3 rings (SSSR count). The summed E-state index contributed by atoms with van der Waals surface area (Å²) in [6, 6.07) is 15.4. The lowest BCUT2D eigenvalue weighted by Gasteiger charge is -2.09. The summed E-state index contributed by atoms with van der Waals surface area (Å²) in [6.07, 6.45) is 1.46. The smallest absolute Gasteiger partial charge is 0.350 e. The lowest BCUT2D eigenvalue weighted by molar-refractivity contribution is -0.143. The van der Waals surface area contributed by atoms with E-state index in [1.54, 1.807) is 7.11 Å². The van der Waals surface area contributed by atoms with Crippen molar-refractivity contribution in [3.05, 3.63) is 65.7 Å². The number of hydrogen-bond acceptors (Lipinski definition) is 5. The molecule has 24 heavy (non-hydrogen) atoms. The van der Waals surface area contributed by atoms with E-state index in [1.807, 2.05) is 48.5 Å². The van der Waals surface area contributed by atoms with Crippen molar-refractivity contribution >= 4 is 22.4 Å². The molecule has 2 N–H and O–H groups in total. The minimum atomic E-state index is -0.473. The number of H-pyrrole nitrogens is 1. The van der Waals surface area contributed by atoms with Gasteiger partial charge in [0.15, 0.2) is 0 Å². The Morgan fingerprint density at radius 2 is 1.96 bits per heavy atom. The number of fused-ring (bicyclic) bond motifs is 1. The van der Waals surface area contributed by atoms with Crippen molar-refractivity contribution in [2.45, 2.75) is 0 Å². The first-order valence-corrected chi connectivity index (χ1v) is 7.40. The number of aromatic amines is 1. The average Bonchev–Trinajstić information content (AvgIpc) is 3.03. The second-order valence-corrected chi connectivity index (χ2v) is 5.04. The van der Waals surface area contributed by atoms with E-state index in [4.69, 9.17) is 9.57 Å². The Labute approximate surface area is 139 Å². The third-order valence-electron chi connectivity index (χ3n) is 3.58. The molecule has 0 atom stereocenters. The SMILES string of the molecule is CNOC(=O)/C=C(\c1ccccc1)c1ccc2c(OC)n[nH]c2c1. The lowest BCUT2D eigenvalue weighted by Crippen LogP contribution is -2.13. The number of aromatic nitrogens is 2. The first-order valence-electron chi connectivity index (χ1n) is 7.40. The predicted octanol–water partition coefficient (Wildman–Crippen LogP) is 2.68. The molecule has 0 saturated carbocycles. The van der Waals surface area contributed by atoms with E-state index >= 15 is 0 Å². The number of nitrogens with zero attached hydrogens (tertiary/aromatic N) is 1. The summed E-state index contributed by atoms with van der Waals surface area (Å²) in [4.78, 5) is 16.7. The molecule has 3 aromatic rings. The van der Waals surface area contributed by atoms with Gasteiger partial charge in [0.25, 0.3) is 0 Å². The van der Waals surface area contributed by atoms with Gasteiger partial charge in [0, 0.05) is 13.1 Å². The van der Waals surface area contributed by atoms with Gasteiger partial charge in [0.2, 0.25) is 5.88 Å². The molecule has 2 aromatic carbocycles. The molecule has 1 aromatic heterocycles. The van der Waals surface area contributed by atoms with Gasteiger partial charge in [-0.05, 0) is 28.8 Å². The standard InChI is InChI=1S/C18H17N3O3/c1-19-24-17(22)11-15(12-6-4-3-5-7-12)13-8-9-14-16(10-13)20-21-18(14)23-2/h3-11,19H,1-2H3,(H,20,21)/b15-11+. The molecule has 6 nitrogen and oxygen atoms in total. The highest BCUT2D eigenvalue weighted by Crippen LogP contribution is 2.29. The first-order chi connectivity index (χ1) is 11.7. The number of benzene rings is 2. The normalized spacial score (nSPS) is 11.5. The quantitative estimate of drug-likeness (QED) is 0.558. The van der Waals surface area contributed by atoms with E-state index in [9.17, 15) is 4.79 Å². The van der Waals surface area contributed by atoms with Gasteiger partial charge in [-0.25, -0.2) is 4.79 Å². The fourth-order valence-electron chi connectivity index (χ4n) is 2.52. The van der Waals surface area contributed by atoms with Crippen molar-refractivity contribution in [2.75, 3.05) is 14.2 Å². The molecule has 1 heterocycles. The maximum absolute atomic E-state index is 11.9. The number of carbonyl (C=O) groups excluding carboxylic acids is 1. The van der Waals surface area contributed by atoms with E-state index in [2.05, 4.69) is 15.7 Å². The molecule has 0 bridgehead atoms. The highest BCUT2D eigenvalue weighted by molar-refractivity contribution is 5.98. The van der Waals surface area contributed by atoms with Gasteiger partial charge >= 0.3 is 5.97 Å². The van der Waals surface area contributed by atoms with Gasteiger partial charge in [0.1, 0.15) is 0 Å². The summed E-state index contributed by atoms with van der Waals surface area (Å²) in [5.74, 6) is 0.0648. The van der Waals surface area contributed by atoms with E-state index < -0.39 is 5.97 Å². The zero-order valence-electron chi connectivity index (χ0n) is 13.4. The van der Waals surface area contributed by atoms with Gasteiger partial charge in [-0.15, -0.1) is 5.10 Å². The van der Waals surface area contributed by atoms with Crippen molar-refractivity contribution in [3.8, 4) is 5.88 Å². The fraction of sp³-hybridized carbons (Fsp3) is 0.111. The third kappa shape index (κ3) is 3.13. The molecule has 0 saturated heterocycles.